The van der Waals surface area contributed by atoms with E-state index in [-0.39, 0.29) is 11.9 Å². The van der Waals surface area contributed by atoms with Crippen LogP contribution in [0.15, 0.2) is 66.5 Å². The second kappa shape index (κ2) is 12.6. The van der Waals surface area contributed by atoms with Crippen molar-refractivity contribution in [1.29, 1.82) is 0 Å². The Kier molecular flexibility index (Phi) is 8.24. The molecule has 11 nitrogen and oxygen atoms in total. The molecule has 1 aromatic carbocycles. The van der Waals surface area contributed by atoms with Gasteiger partial charge in [0.25, 0.3) is 5.91 Å². The number of hydrogen-bond acceptors (Lipinski definition) is 8. The fourth-order valence-electron chi connectivity index (χ4n) is 6.09. The summed E-state index contributed by atoms with van der Waals surface area (Å²) < 4.78 is 26.1. The van der Waals surface area contributed by atoms with Crippen molar-refractivity contribution >= 4 is 50.2 Å². The van der Waals surface area contributed by atoms with Gasteiger partial charge in [0.05, 0.1) is 17.6 Å². The number of aromatic nitrogens is 4. The molecule has 2 atom stereocenters. The van der Waals surface area contributed by atoms with E-state index >= 15 is 0 Å². The number of benzene rings is 1. The van der Waals surface area contributed by atoms with Crippen LogP contribution in [0.5, 0.6) is 0 Å². The minimum Gasteiger partial charge on any atom is -0.379 e. The lowest BCUT2D eigenvalue weighted by molar-refractivity contribution is 0.0663. The van der Waals surface area contributed by atoms with Crippen LogP contribution < -0.4 is 10.2 Å². The van der Waals surface area contributed by atoms with Gasteiger partial charge in [-0.2, -0.15) is 0 Å². The van der Waals surface area contributed by atoms with Gasteiger partial charge >= 0.3 is 0 Å². The van der Waals surface area contributed by atoms with Crippen molar-refractivity contribution < 1.29 is 13.2 Å². The number of anilines is 2. The van der Waals surface area contributed by atoms with Gasteiger partial charge in [-0.15, -0.1) is 0 Å². The van der Waals surface area contributed by atoms with Crippen LogP contribution in [0.1, 0.15) is 28.9 Å². The quantitative estimate of drug-likeness (QED) is 0.319. The summed E-state index contributed by atoms with van der Waals surface area (Å²) >= 11 is 0. The summed E-state index contributed by atoms with van der Waals surface area (Å²) in [6.07, 6.45) is 7.03. The van der Waals surface area contributed by atoms with Gasteiger partial charge in [0, 0.05) is 89.6 Å². The number of H-pyrrole nitrogens is 1. The number of pyridine rings is 1. The molecule has 0 saturated carbocycles. The number of carbonyl (C=O) groups excluding carboxylic acids is 1. The van der Waals surface area contributed by atoms with Crippen molar-refractivity contribution in [2.75, 3.05) is 54.4 Å². The van der Waals surface area contributed by atoms with Crippen molar-refractivity contribution in [3.63, 3.8) is 0 Å². The summed E-state index contributed by atoms with van der Waals surface area (Å²) in [4.78, 5) is 34.3. The van der Waals surface area contributed by atoms with Crippen molar-refractivity contribution in [3.8, 4) is 11.3 Å². The lowest BCUT2D eigenvalue weighted by atomic mass is 10.0. The molecule has 2 fully saturated rings. The molecule has 228 valence electrons. The highest BCUT2D eigenvalue weighted by Crippen LogP contribution is 2.30. The Morgan fingerprint density at radius 3 is 2.66 bits per heavy atom. The van der Waals surface area contributed by atoms with Crippen LogP contribution in [0.2, 0.25) is 0 Å². The molecule has 4 aromatic rings. The molecule has 2 N–H and O–H groups in total. The first-order valence-electron chi connectivity index (χ1n) is 14.9. The SMILES string of the molecule is O=C(c1ccnc(CNc2ccc(-c3cc4c(N5CCS(=O)CC5)ncnc4[nH]3)cc2)c1)N1CCCC(N2CC=CS2=O)C1. The van der Waals surface area contributed by atoms with E-state index in [1.165, 1.54) is 0 Å². The number of aromatic amines is 1. The molecule has 0 aliphatic carbocycles. The number of likely N-dealkylation sites (tertiary alicyclic amines) is 1. The Labute approximate surface area is 260 Å². The largest absolute Gasteiger partial charge is 0.379 e. The van der Waals surface area contributed by atoms with E-state index in [9.17, 15) is 13.2 Å². The van der Waals surface area contributed by atoms with E-state index < -0.39 is 21.8 Å². The number of hydrogen-bond donors (Lipinski definition) is 2. The molecule has 3 aliphatic rings. The summed E-state index contributed by atoms with van der Waals surface area (Å²) in [7, 11) is -1.84. The average molecular weight is 631 g/mol. The first-order chi connectivity index (χ1) is 21.5. The minimum absolute atomic E-state index is 0.0120. The molecule has 44 heavy (non-hydrogen) atoms. The Hall–Kier alpha value is -3.94. The average Bonchev–Trinajstić information content (AvgIpc) is 3.71. The van der Waals surface area contributed by atoms with E-state index in [0.29, 0.717) is 43.2 Å². The highest BCUT2D eigenvalue weighted by atomic mass is 32.2. The molecule has 1 amide bonds. The van der Waals surface area contributed by atoms with Gasteiger partial charge in [0.2, 0.25) is 0 Å². The van der Waals surface area contributed by atoms with Gasteiger partial charge in [-0.3, -0.25) is 14.0 Å². The molecular formula is C31H34N8O3S2. The van der Waals surface area contributed by atoms with E-state index in [1.807, 2.05) is 45.6 Å². The topological polar surface area (TPSA) is 127 Å². The van der Waals surface area contributed by atoms with E-state index in [0.717, 1.165) is 65.4 Å². The van der Waals surface area contributed by atoms with E-state index in [1.54, 1.807) is 24.0 Å². The Bertz CT molecular complexity index is 1750. The number of rotatable bonds is 7. The van der Waals surface area contributed by atoms with Crippen LogP contribution in [0.25, 0.3) is 22.3 Å². The van der Waals surface area contributed by atoms with Crippen molar-refractivity contribution in [3.05, 3.63) is 77.7 Å². The fraction of sp³-hybridized carbons (Fsp3) is 0.355. The maximum Gasteiger partial charge on any atom is 0.254 e. The van der Waals surface area contributed by atoms with Crippen LogP contribution >= 0.6 is 0 Å². The van der Waals surface area contributed by atoms with Gasteiger partial charge in [-0.1, -0.05) is 18.2 Å². The molecule has 3 aromatic heterocycles. The first-order valence-corrected chi connectivity index (χ1v) is 17.5. The van der Waals surface area contributed by atoms with Crippen molar-refractivity contribution in [1.82, 2.24) is 29.1 Å². The zero-order valence-corrected chi connectivity index (χ0v) is 25.9. The molecule has 0 bridgehead atoms. The summed E-state index contributed by atoms with van der Waals surface area (Å²) in [5.41, 5.74) is 5.10. The third-order valence-corrected chi connectivity index (χ3v) is 11.0. The molecule has 2 unspecified atom stereocenters. The smallest absolute Gasteiger partial charge is 0.254 e. The number of nitrogens with zero attached hydrogens (tertiary/aromatic N) is 6. The third-order valence-electron chi connectivity index (χ3n) is 8.44. The van der Waals surface area contributed by atoms with Gasteiger partial charge in [0.1, 0.15) is 28.8 Å². The molecule has 2 saturated heterocycles. The molecular weight excluding hydrogens is 597 g/mol. The Balaban J connectivity index is 0.990. The summed E-state index contributed by atoms with van der Waals surface area (Å²) in [6, 6.07) is 13.9. The molecule has 0 spiro atoms. The monoisotopic (exact) mass is 630 g/mol. The zero-order valence-electron chi connectivity index (χ0n) is 24.2. The summed E-state index contributed by atoms with van der Waals surface area (Å²) in [5, 5.41) is 6.10. The molecule has 0 radical (unpaired) electrons. The van der Waals surface area contributed by atoms with Crippen LogP contribution in [0.4, 0.5) is 11.5 Å². The lowest BCUT2D eigenvalue weighted by Crippen LogP contribution is -2.49. The predicted octanol–water partition coefficient (Wildman–Crippen LogP) is 3.30. The molecule has 7 rings (SSSR count). The van der Waals surface area contributed by atoms with Crippen molar-refractivity contribution in [2.45, 2.75) is 25.4 Å². The van der Waals surface area contributed by atoms with Gasteiger partial charge in [-0.25, -0.2) is 18.5 Å². The highest BCUT2D eigenvalue weighted by Gasteiger charge is 2.31. The highest BCUT2D eigenvalue weighted by molar-refractivity contribution is 7.86. The maximum absolute atomic E-state index is 13.4. The minimum atomic E-state index is -1.10. The number of fused-ring (bicyclic) bond motifs is 1. The standard InChI is InChI=1S/C31H34N8O3S2/c40-31(38-10-1-3-26(20-38)39-11-2-14-44(39)42)23-8-9-32-25(17-23)19-33-24-6-4-22(5-7-24)28-18-27-29(36-28)34-21-35-30(27)37-12-15-43(41)16-13-37/h2,4-9,14,17-18,21,26,33H,1,3,10-13,15-16,19-20H2,(H,34,35,36). The fourth-order valence-corrected chi connectivity index (χ4v) is 8.24. The zero-order chi connectivity index (χ0) is 30.0. The number of piperidine rings is 1. The van der Waals surface area contributed by atoms with Crippen molar-refractivity contribution in [2.24, 2.45) is 0 Å². The maximum atomic E-state index is 13.4. The second-order valence-corrected chi connectivity index (χ2v) is 14.2. The number of nitrogens with one attached hydrogen (secondary N) is 2. The Morgan fingerprint density at radius 2 is 1.86 bits per heavy atom. The summed E-state index contributed by atoms with van der Waals surface area (Å²) in [5.74, 6) is 2.18. The first kappa shape index (κ1) is 28.8. The molecule has 13 heteroatoms. The van der Waals surface area contributed by atoms with Crippen LogP contribution in [-0.2, 0) is 28.3 Å². The number of amides is 1. The third kappa shape index (κ3) is 6.04. The van der Waals surface area contributed by atoms with Crippen LogP contribution in [-0.4, -0.2) is 93.7 Å². The summed E-state index contributed by atoms with van der Waals surface area (Å²) in [6.45, 7) is 3.89. The van der Waals surface area contributed by atoms with Crippen LogP contribution in [0.3, 0.4) is 0 Å². The Morgan fingerprint density at radius 1 is 1.02 bits per heavy atom. The van der Waals surface area contributed by atoms with Gasteiger partial charge in [0.15, 0.2) is 0 Å². The van der Waals surface area contributed by atoms with Crippen LogP contribution in [0, 0.1) is 0 Å². The van der Waals surface area contributed by atoms with Gasteiger partial charge in [-0.05, 0) is 48.7 Å². The second-order valence-electron chi connectivity index (χ2n) is 11.2. The van der Waals surface area contributed by atoms with E-state index in [4.69, 9.17) is 0 Å². The lowest BCUT2D eigenvalue weighted by Gasteiger charge is -2.36. The number of carbonyl (C=O) groups is 1. The molecule has 3 aliphatic heterocycles. The predicted molar refractivity (Wildman–Crippen MR) is 174 cm³/mol. The normalized spacial score (nSPS) is 21.3. The van der Waals surface area contributed by atoms with Gasteiger partial charge < -0.3 is 20.1 Å². The van der Waals surface area contributed by atoms with E-state index in [2.05, 4.69) is 36.2 Å². The molecule has 6 heterocycles.